The Hall–Kier alpha value is -0.650. The number of hydrogen-bond acceptors (Lipinski definition) is 4. The largest absolute Gasteiger partial charge is 0.378 e. The summed E-state index contributed by atoms with van der Waals surface area (Å²) in [6.45, 7) is 5.11. The summed E-state index contributed by atoms with van der Waals surface area (Å²) in [7, 11) is 0. The number of nitrogens with two attached hydrogens (primary N) is 1. The molecule has 2 heterocycles. The van der Waals surface area contributed by atoms with Gasteiger partial charge in [-0.25, -0.2) is 0 Å². The fourth-order valence-electron chi connectivity index (χ4n) is 2.35. The summed E-state index contributed by atoms with van der Waals surface area (Å²) in [5, 5.41) is 0. The average Bonchev–Trinajstić information content (AvgIpc) is 2.83. The van der Waals surface area contributed by atoms with Gasteiger partial charge in [0.25, 0.3) is 0 Å². The predicted molar refractivity (Wildman–Crippen MR) is 61.0 cm³/mol. The second kappa shape index (κ2) is 5.61. The zero-order valence-electron chi connectivity index (χ0n) is 9.73. The van der Waals surface area contributed by atoms with Crippen LogP contribution in [0.15, 0.2) is 0 Å². The molecule has 1 atom stereocenters. The Balaban J connectivity index is 1.84. The fraction of sp³-hybridized carbons (Fsp3) is 0.909. The number of ether oxygens (including phenoxy) is 1. The van der Waals surface area contributed by atoms with Crippen molar-refractivity contribution in [2.45, 2.75) is 18.9 Å². The van der Waals surface area contributed by atoms with E-state index in [1.165, 1.54) is 0 Å². The standard InChI is InChI=1S/C11H21N3O2/c12-7-10-9-16-6-5-14(10)8-11(15)13-3-1-2-4-13/h10H,1-9,12H2. The first-order chi connectivity index (χ1) is 7.81. The molecule has 5 nitrogen and oxygen atoms in total. The van der Waals surface area contributed by atoms with Crippen LogP contribution in [-0.4, -0.2) is 67.7 Å². The highest BCUT2D eigenvalue weighted by Gasteiger charge is 2.26. The minimum atomic E-state index is 0.209. The van der Waals surface area contributed by atoms with Crippen molar-refractivity contribution in [1.82, 2.24) is 9.80 Å². The van der Waals surface area contributed by atoms with Crippen molar-refractivity contribution in [2.75, 3.05) is 45.9 Å². The van der Waals surface area contributed by atoms with E-state index < -0.39 is 0 Å². The summed E-state index contributed by atoms with van der Waals surface area (Å²) >= 11 is 0. The molecule has 2 saturated heterocycles. The highest BCUT2D eigenvalue weighted by atomic mass is 16.5. The molecule has 0 spiro atoms. The summed E-state index contributed by atoms with van der Waals surface area (Å²) < 4.78 is 5.36. The maximum atomic E-state index is 12.0. The number of carbonyl (C=O) groups is 1. The lowest BCUT2D eigenvalue weighted by Crippen LogP contribution is -2.52. The lowest BCUT2D eigenvalue weighted by molar-refractivity contribution is -0.133. The Kier molecular flexibility index (Phi) is 4.15. The zero-order valence-corrected chi connectivity index (χ0v) is 9.73. The molecule has 0 aliphatic carbocycles. The molecule has 2 aliphatic rings. The van der Waals surface area contributed by atoms with E-state index >= 15 is 0 Å². The first-order valence-electron chi connectivity index (χ1n) is 6.11. The van der Waals surface area contributed by atoms with Crippen LogP contribution in [0.4, 0.5) is 0 Å². The summed E-state index contributed by atoms with van der Waals surface area (Å²) in [6.07, 6.45) is 2.30. The second-order valence-corrected chi connectivity index (χ2v) is 4.52. The molecule has 0 aromatic carbocycles. The smallest absolute Gasteiger partial charge is 0.236 e. The van der Waals surface area contributed by atoms with E-state index in [0.29, 0.717) is 26.3 Å². The third-order valence-corrected chi connectivity index (χ3v) is 3.42. The van der Waals surface area contributed by atoms with Crippen LogP contribution in [0.3, 0.4) is 0 Å². The normalized spacial score (nSPS) is 27.3. The number of nitrogens with zero attached hydrogens (tertiary/aromatic N) is 2. The van der Waals surface area contributed by atoms with Crippen molar-refractivity contribution in [1.29, 1.82) is 0 Å². The number of likely N-dealkylation sites (tertiary alicyclic amines) is 1. The van der Waals surface area contributed by atoms with E-state index in [1.54, 1.807) is 0 Å². The number of amides is 1. The molecule has 2 fully saturated rings. The first kappa shape index (κ1) is 11.8. The Morgan fingerprint density at radius 2 is 2.06 bits per heavy atom. The molecule has 2 aliphatic heterocycles. The number of carbonyl (C=O) groups excluding carboxylic acids is 1. The monoisotopic (exact) mass is 227 g/mol. The van der Waals surface area contributed by atoms with Gasteiger partial charge < -0.3 is 15.4 Å². The van der Waals surface area contributed by atoms with E-state index in [-0.39, 0.29) is 11.9 Å². The van der Waals surface area contributed by atoms with Crippen molar-refractivity contribution in [3.8, 4) is 0 Å². The molecule has 5 heteroatoms. The molecule has 0 aromatic rings. The van der Waals surface area contributed by atoms with Crippen LogP contribution in [0, 0.1) is 0 Å². The molecular formula is C11H21N3O2. The van der Waals surface area contributed by atoms with Gasteiger partial charge in [-0.05, 0) is 12.8 Å². The van der Waals surface area contributed by atoms with Gasteiger partial charge in [0.1, 0.15) is 0 Å². The third kappa shape index (κ3) is 2.72. The number of morpholine rings is 1. The third-order valence-electron chi connectivity index (χ3n) is 3.42. The van der Waals surface area contributed by atoms with Crippen LogP contribution >= 0.6 is 0 Å². The first-order valence-corrected chi connectivity index (χ1v) is 6.11. The van der Waals surface area contributed by atoms with Gasteiger partial charge >= 0.3 is 0 Å². The Labute approximate surface area is 96.5 Å². The fourth-order valence-corrected chi connectivity index (χ4v) is 2.35. The van der Waals surface area contributed by atoms with Crippen LogP contribution in [0.5, 0.6) is 0 Å². The van der Waals surface area contributed by atoms with Gasteiger partial charge in [0, 0.05) is 32.2 Å². The molecule has 16 heavy (non-hydrogen) atoms. The van der Waals surface area contributed by atoms with Crippen LogP contribution in [0.25, 0.3) is 0 Å². The highest BCUT2D eigenvalue weighted by molar-refractivity contribution is 5.78. The van der Waals surface area contributed by atoms with Gasteiger partial charge in [-0.3, -0.25) is 9.69 Å². The summed E-state index contributed by atoms with van der Waals surface area (Å²) in [5.74, 6) is 0.248. The maximum Gasteiger partial charge on any atom is 0.236 e. The minimum Gasteiger partial charge on any atom is -0.378 e. The van der Waals surface area contributed by atoms with Crippen molar-refractivity contribution >= 4 is 5.91 Å². The van der Waals surface area contributed by atoms with Crippen LogP contribution in [0.2, 0.25) is 0 Å². The van der Waals surface area contributed by atoms with Gasteiger partial charge in [-0.1, -0.05) is 0 Å². The van der Waals surface area contributed by atoms with Crippen molar-refractivity contribution in [2.24, 2.45) is 5.73 Å². The van der Waals surface area contributed by atoms with E-state index in [2.05, 4.69) is 4.90 Å². The van der Waals surface area contributed by atoms with E-state index in [4.69, 9.17) is 10.5 Å². The summed E-state index contributed by atoms with van der Waals surface area (Å²) in [5.41, 5.74) is 5.68. The molecule has 1 unspecified atom stereocenters. The SMILES string of the molecule is NCC1COCCN1CC(=O)N1CCCC1. The van der Waals surface area contributed by atoms with Crippen LogP contribution in [0.1, 0.15) is 12.8 Å². The summed E-state index contributed by atoms with van der Waals surface area (Å²) in [6, 6.07) is 0.209. The second-order valence-electron chi connectivity index (χ2n) is 4.52. The van der Waals surface area contributed by atoms with Gasteiger partial charge in [-0.2, -0.15) is 0 Å². The topological polar surface area (TPSA) is 58.8 Å². The maximum absolute atomic E-state index is 12.0. The molecule has 0 radical (unpaired) electrons. The molecule has 0 saturated carbocycles. The van der Waals surface area contributed by atoms with E-state index in [9.17, 15) is 4.79 Å². The predicted octanol–water partition coefficient (Wildman–Crippen LogP) is -0.732. The zero-order chi connectivity index (χ0) is 11.4. The molecule has 0 bridgehead atoms. The molecule has 92 valence electrons. The molecule has 2 rings (SSSR count). The number of rotatable bonds is 3. The Bertz CT molecular complexity index is 241. The van der Waals surface area contributed by atoms with Gasteiger partial charge in [-0.15, -0.1) is 0 Å². The van der Waals surface area contributed by atoms with E-state index in [1.807, 2.05) is 4.90 Å². The van der Waals surface area contributed by atoms with Gasteiger partial charge in [0.05, 0.1) is 19.8 Å². The van der Waals surface area contributed by atoms with Crippen molar-refractivity contribution in [3.05, 3.63) is 0 Å². The molecule has 0 aromatic heterocycles. The summed E-state index contributed by atoms with van der Waals surface area (Å²) in [4.78, 5) is 16.1. The lowest BCUT2D eigenvalue weighted by Gasteiger charge is -2.35. The average molecular weight is 227 g/mol. The molecular weight excluding hydrogens is 206 g/mol. The van der Waals surface area contributed by atoms with Crippen LogP contribution in [-0.2, 0) is 9.53 Å². The Morgan fingerprint density at radius 3 is 2.75 bits per heavy atom. The Morgan fingerprint density at radius 1 is 1.31 bits per heavy atom. The van der Waals surface area contributed by atoms with Crippen LogP contribution < -0.4 is 5.73 Å². The minimum absolute atomic E-state index is 0.209. The lowest BCUT2D eigenvalue weighted by atomic mass is 10.2. The van der Waals surface area contributed by atoms with Gasteiger partial charge in [0.2, 0.25) is 5.91 Å². The molecule has 1 amide bonds. The van der Waals surface area contributed by atoms with Crippen molar-refractivity contribution < 1.29 is 9.53 Å². The molecule has 2 N–H and O–H groups in total. The highest BCUT2D eigenvalue weighted by Crippen LogP contribution is 2.10. The van der Waals surface area contributed by atoms with E-state index in [0.717, 1.165) is 32.5 Å². The quantitative estimate of drug-likeness (QED) is 0.690. The number of hydrogen-bond donors (Lipinski definition) is 1. The van der Waals surface area contributed by atoms with Crippen molar-refractivity contribution in [3.63, 3.8) is 0 Å². The van der Waals surface area contributed by atoms with Gasteiger partial charge in [0.15, 0.2) is 0 Å².